The maximum Gasteiger partial charge on any atom is 0.227 e. The molecule has 1 heterocycles. The monoisotopic (exact) mass is 398 g/mol. The minimum atomic E-state index is -0.395. The summed E-state index contributed by atoms with van der Waals surface area (Å²) in [4.78, 5) is 26.6. The molecule has 0 saturated carbocycles. The number of nitrogens with one attached hydrogen (secondary N) is 1. The van der Waals surface area contributed by atoms with E-state index in [1.807, 2.05) is 49.4 Å². The lowest BCUT2D eigenvalue weighted by molar-refractivity contribution is -0.126. The van der Waals surface area contributed by atoms with Gasteiger partial charge in [0.15, 0.2) is 0 Å². The van der Waals surface area contributed by atoms with Crippen molar-refractivity contribution in [1.29, 1.82) is 0 Å². The SMILES string of the molecule is COc1ccc(OCCNC(=O)C2CC(=O)N(c3cc(C)ccc3OC)C2)cc1. The van der Waals surface area contributed by atoms with E-state index in [0.29, 0.717) is 36.9 Å². The summed E-state index contributed by atoms with van der Waals surface area (Å²) < 4.78 is 16.1. The maximum absolute atomic E-state index is 12.5. The number of nitrogens with zero attached hydrogens (tertiary/aromatic N) is 1. The van der Waals surface area contributed by atoms with Crippen LogP contribution in [0.4, 0.5) is 5.69 Å². The smallest absolute Gasteiger partial charge is 0.227 e. The molecule has 29 heavy (non-hydrogen) atoms. The van der Waals surface area contributed by atoms with Gasteiger partial charge in [-0.2, -0.15) is 0 Å². The predicted molar refractivity (Wildman–Crippen MR) is 110 cm³/mol. The van der Waals surface area contributed by atoms with Crippen LogP contribution in [0.15, 0.2) is 42.5 Å². The lowest BCUT2D eigenvalue weighted by Gasteiger charge is -2.20. The van der Waals surface area contributed by atoms with Gasteiger partial charge in [-0.05, 0) is 48.9 Å². The zero-order chi connectivity index (χ0) is 20.8. The van der Waals surface area contributed by atoms with Gasteiger partial charge in [0.2, 0.25) is 11.8 Å². The van der Waals surface area contributed by atoms with Gasteiger partial charge >= 0.3 is 0 Å². The van der Waals surface area contributed by atoms with E-state index in [1.165, 1.54) is 0 Å². The highest BCUT2D eigenvalue weighted by Crippen LogP contribution is 2.33. The number of hydrogen-bond acceptors (Lipinski definition) is 5. The first-order valence-corrected chi connectivity index (χ1v) is 9.51. The van der Waals surface area contributed by atoms with Crippen LogP contribution in [0, 0.1) is 12.8 Å². The molecule has 1 atom stereocenters. The highest BCUT2D eigenvalue weighted by molar-refractivity contribution is 6.01. The summed E-state index contributed by atoms with van der Waals surface area (Å²) in [5.74, 6) is 1.46. The molecular formula is C22H26N2O5. The van der Waals surface area contributed by atoms with E-state index in [0.717, 1.165) is 11.3 Å². The number of hydrogen-bond donors (Lipinski definition) is 1. The summed E-state index contributed by atoms with van der Waals surface area (Å²) in [7, 11) is 3.18. The highest BCUT2D eigenvalue weighted by atomic mass is 16.5. The van der Waals surface area contributed by atoms with Crippen molar-refractivity contribution in [1.82, 2.24) is 5.32 Å². The molecule has 2 aromatic rings. The van der Waals surface area contributed by atoms with Gasteiger partial charge in [-0.3, -0.25) is 9.59 Å². The van der Waals surface area contributed by atoms with Gasteiger partial charge in [-0.15, -0.1) is 0 Å². The van der Waals surface area contributed by atoms with E-state index in [2.05, 4.69) is 5.32 Å². The molecule has 0 bridgehead atoms. The first-order valence-electron chi connectivity index (χ1n) is 9.51. The van der Waals surface area contributed by atoms with E-state index in [-0.39, 0.29) is 18.2 Å². The van der Waals surface area contributed by atoms with Crippen LogP contribution in [0.1, 0.15) is 12.0 Å². The molecule has 1 saturated heterocycles. The van der Waals surface area contributed by atoms with Crippen molar-refractivity contribution in [3.8, 4) is 17.2 Å². The summed E-state index contributed by atoms with van der Waals surface area (Å²) in [5.41, 5.74) is 1.73. The Bertz CT molecular complexity index is 866. The minimum absolute atomic E-state index is 0.0801. The summed E-state index contributed by atoms with van der Waals surface area (Å²) in [6.45, 7) is 3.00. The minimum Gasteiger partial charge on any atom is -0.497 e. The van der Waals surface area contributed by atoms with Crippen LogP contribution in [0.2, 0.25) is 0 Å². The Labute approximate surface area is 170 Å². The van der Waals surface area contributed by atoms with Gasteiger partial charge in [0, 0.05) is 13.0 Å². The standard InChI is InChI=1S/C22H26N2O5/c1-15-4-9-20(28-3)19(12-15)24-14-16(13-21(24)25)22(26)23-10-11-29-18-7-5-17(27-2)6-8-18/h4-9,12,16H,10-11,13-14H2,1-3H3,(H,23,26). The van der Waals surface area contributed by atoms with Crippen LogP contribution in [0.5, 0.6) is 17.2 Å². The molecule has 3 rings (SSSR count). The lowest BCUT2D eigenvalue weighted by atomic mass is 10.1. The molecule has 2 amide bonds. The second kappa shape index (κ2) is 9.32. The molecule has 0 aliphatic carbocycles. The number of carbonyl (C=O) groups excluding carboxylic acids is 2. The number of carbonyl (C=O) groups is 2. The molecule has 1 aliphatic heterocycles. The molecule has 1 N–H and O–H groups in total. The van der Waals surface area contributed by atoms with Gasteiger partial charge in [-0.1, -0.05) is 6.07 Å². The van der Waals surface area contributed by atoms with Crippen LogP contribution in [0.3, 0.4) is 0 Å². The van der Waals surface area contributed by atoms with Gasteiger partial charge in [0.05, 0.1) is 32.4 Å². The van der Waals surface area contributed by atoms with E-state index >= 15 is 0 Å². The molecule has 0 radical (unpaired) electrons. The Kier molecular flexibility index (Phi) is 6.59. The van der Waals surface area contributed by atoms with E-state index in [1.54, 1.807) is 19.1 Å². The third-order valence-electron chi connectivity index (χ3n) is 4.85. The molecular weight excluding hydrogens is 372 g/mol. The first kappa shape index (κ1) is 20.5. The van der Waals surface area contributed by atoms with Gasteiger partial charge in [0.1, 0.15) is 23.9 Å². The van der Waals surface area contributed by atoms with Crippen molar-refractivity contribution < 1.29 is 23.8 Å². The number of benzene rings is 2. The van der Waals surface area contributed by atoms with Crippen LogP contribution >= 0.6 is 0 Å². The summed E-state index contributed by atoms with van der Waals surface area (Å²) in [6, 6.07) is 12.9. The third kappa shape index (κ3) is 4.99. The average molecular weight is 398 g/mol. The number of aryl methyl sites for hydroxylation is 1. The number of rotatable bonds is 8. The topological polar surface area (TPSA) is 77.1 Å². The average Bonchev–Trinajstić information content (AvgIpc) is 3.13. The fourth-order valence-corrected chi connectivity index (χ4v) is 3.29. The van der Waals surface area contributed by atoms with E-state index in [9.17, 15) is 9.59 Å². The Morgan fingerprint density at radius 1 is 1.10 bits per heavy atom. The van der Waals surface area contributed by atoms with Crippen molar-refractivity contribution >= 4 is 17.5 Å². The molecule has 2 aromatic carbocycles. The molecule has 7 nitrogen and oxygen atoms in total. The zero-order valence-corrected chi connectivity index (χ0v) is 16.9. The van der Waals surface area contributed by atoms with Crippen LogP contribution in [-0.4, -0.2) is 45.7 Å². The summed E-state index contributed by atoms with van der Waals surface area (Å²) in [5, 5.41) is 2.85. The van der Waals surface area contributed by atoms with Crippen molar-refractivity contribution in [2.24, 2.45) is 5.92 Å². The first-order chi connectivity index (χ1) is 14.0. The Balaban J connectivity index is 1.50. The van der Waals surface area contributed by atoms with Crippen molar-refractivity contribution in [2.75, 3.05) is 38.8 Å². The zero-order valence-electron chi connectivity index (χ0n) is 16.9. The molecule has 1 unspecified atom stereocenters. The quantitative estimate of drug-likeness (QED) is 0.692. The molecule has 0 aromatic heterocycles. The van der Waals surface area contributed by atoms with E-state index < -0.39 is 5.92 Å². The van der Waals surface area contributed by atoms with Gasteiger partial charge < -0.3 is 24.4 Å². The third-order valence-corrected chi connectivity index (χ3v) is 4.85. The Hall–Kier alpha value is -3.22. The van der Waals surface area contributed by atoms with Crippen LogP contribution < -0.4 is 24.4 Å². The van der Waals surface area contributed by atoms with Crippen LogP contribution in [0.25, 0.3) is 0 Å². The largest absolute Gasteiger partial charge is 0.497 e. The number of amides is 2. The summed E-state index contributed by atoms with van der Waals surface area (Å²) >= 11 is 0. The molecule has 7 heteroatoms. The predicted octanol–water partition coefficient (Wildman–Crippen LogP) is 2.56. The van der Waals surface area contributed by atoms with Gasteiger partial charge in [0.25, 0.3) is 0 Å². The van der Waals surface area contributed by atoms with Crippen molar-refractivity contribution in [3.05, 3.63) is 48.0 Å². The van der Waals surface area contributed by atoms with Crippen molar-refractivity contribution in [3.63, 3.8) is 0 Å². The Morgan fingerprint density at radius 2 is 1.83 bits per heavy atom. The summed E-state index contributed by atoms with van der Waals surface area (Å²) in [6.07, 6.45) is 0.183. The second-order valence-corrected chi connectivity index (χ2v) is 6.90. The Morgan fingerprint density at radius 3 is 2.52 bits per heavy atom. The van der Waals surface area contributed by atoms with E-state index in [4.69, 9.17) is 14.2 Å². The maximum atomic E-state index is 12.5. The molecule has 1 fully saturated rings. The lowest BCUT2D eigenvalue weighted by Crippen LogP contribution is -2.35. The number of ether oxygens (including phenoxy) is 3. The fraction of sp³-hybridized carbons (Fsp3) is 0.364. The van der Waals surface area contributed by atoms with Gasteiger partial charge in [-0.25, -0.2) is 0 Å². The molecule has 0 spiro atoms. The fourth-order valence-electron chi connectivity index (χ4n) is 3.29. The second-order valence-electron chi connectivity index (χ2n) is 6.90. The highest BCUT2D eigenvalue weighted by Gasteiger charge is 2.36. The molecule has 154 valence electrons. The van der Waals surface area contributed by atoms with Crippen molar-refractivity contribution in [2.45, 2.75) is 13.3 Å². The number of anilines is 1. The normalized spacial score (nSPS) is 15.9. The number of methoxy groups -OCH3 is 2. The molecule has 1 aliphatic rings. The van der Waals surface area contributed by atoms with Crippen LogP contribution in [-0.2, 0) is 9.59 Å².